The standard InChI is InChI=1S/C16H26O2/c1-4-5-18-13(17)16-8-12-6-14(2,10-16)9-15(3,7-12)11-16/h12H,4-11H2,1-3H3. The van der Waals surface area contributed by atoms with Crippen LogP contribution in [0.4, 0.5) is 0 Å². The van der Waals surface area contributed by atoms with Crippen LogP contribution >= 0.6 is 0 Å². The number of hydrogen-bond donors (Lipinski definition) is 0. The Hall–Kier alpha value is -0.530. The Bertz CT molecular complexity index is 355. The van der Waals surface area contributed by atoms with E-state index in [0.29, 0.717) is 17.4 Å². The van der Waals surface area contributed by atoms with Gasteiger partial charge in [0.25, 0.3) is 0 Å². The van der Waals surface area contributed by atoms with Crippen LogP contribution in [0.2, 0.25) is 0 Å². The Kier molecular flexibility index (Phi) is 2.60. The lowest BCUT2D eigenvalue weighted by molar-refractivity contribution is -0.191. The fourth-order valence-corrected chi connectivity index (χ4v) is 6.02. The van der Waals surface area contributed by atoms with Gasteiger partial charge in [0.1, 0.15) is 0 Å². The molecule has 0 amide bonds. The average molecular weight is 250 g/mol. The van der Waals surface area contributed by atoms with Crippen LogP contribution in [0.15, 0.2) is 0 Å². The van der Waals surface area contributed by atoms with Gasteiger partial charge in [-0.3, -0.25) is 4.79 Å². The lowest BCUT2D eigenvalue weighted by Crippen LogP contribution is -2.58. The molecular formula is C16H26O2. The van der Waals surface area contributed by atoms with Crippen LogP contribution < -0.4 is 0 Å². The molecule has 0 N–H and O–H groups in total. The number of ether oxygens (including phenoxy) is 1. The van der Waals surface area contributed by atoms with E-state index < -0.39 is 0 Å². The third-order valence-electron chi connectivity index (χ3n) is 5.50. The summed E-state index contributed by atoms with van der Waals surface area (Å²) in [5.41, 5.74) is 0.677. The second kappa shape index (κ2) is 3.74. The number of esters is 1. The van der Waals surface area contributed by atoms with Crippen molar-refractivity contribution in [2.24, 2.45) is 22.2 Å². The van der Waals surface area contributed by atoms with Crippen LogP contribution in [-0.4, -0.2) is 12.6 Å². The molecule has 2 unspecified atom stereocenters. The summed E-state index contributed by atoms with van der Waals surface area (Å²) in [7, 11) is 0. The van der Waals surface area contributed by atoms with Crippen molar-refractivity contribution in [3.63, 3.8) is 0 Å². The van der Waals surface area contributed by atoms with Gasteiger partial charge in [-0.1, -0.05) is 20.8 Å². The minimum absolute atomic E-state index is 0.117. The first-order valence-electron chi connectivity index (χ1n) is 7.56. The fourth-order valence-electron chi connectivity index (χ4n) is 6.02. The first-order chi connectivity index (χ1) is 8.39. The highest BCUT2D eigenvalue weighted by Gasteiger charge is 2.63. The van der Waals surface area contributed by atoms with Crippen molar-refractivity contribution in [2.45, 2.75) is 65.7 Å². The molecule has 0 radical (unpaired) electrons. The second-order valence-electron chi connectivity index (χ2n) is 8.05. The van der Waals surface area contributed by atoms with E-state index >= 15 is 0 Å². The van der Waals surface area contributed by atoms with E-state index in [1.54, 1.807) is 0 Å². The molecule has 0 heterocycles. The summed E-state index contributed by atoms with van der Waals surface area (Å²) in [5.74, 6) is 0.885. The maximum absolute atomic E-state index is 12.5. The molecule has 0 aromatic carbocycles. The molecule has 4 aliphatic rings. The van der Waals surface area contributed by atoms with E-state index in [0.717, 1.165) is 31.6 Å². The molecule has 102 valence electrons. The third-order valence-corrected chi connectivity index (χ3v) is 5.50. The van der Waals surface area contributed by atoms with Gasteiger partial charge in [-0.2, -0.15) is 0 Å². The van der Waals surface area contributed by atoms with E-state index in [4.69, 9.17) is 4.74 Å². The smallest absolute Gasteiger partial charge is 0.312 e. The molecule has 4 bridgehead atoms. The molecule has 2 nitrogen and oxygen atoms in total. The van der Waals surface area contributed by atoms with Gasteiger partial charge >= 0.3 is 5.97 Å². The zero-order valence-electron chi connectivity index (χ0n) is 12.1. The minimum atomic E-state index is -0.127. The summed E-state index contributed by atoms with van der Waals surface area (Å²) in [6, 6.07) is 0. The molecule has 0 saturated heterocycles. The maximum atomic E-state index is 12.5. The number of rotatable bonds is 3. The minimum Gasteiger partial charge on any atom is -0.465 e. The monoisotopic (exact) mass is 250 g/mol. The first kappa shape index (κ1) is 12.5. The van der Waals surface area contributed by atoms with Crippen molar-refractivity contribution in [3.05, 3.63) is 0 Å². The van der Waals surface area contributed by atoms with E-state index in [1.165, 1.54) is 19.3 Å². The molecule has 2 heteroatoms. The van der Waals surface area contributed by atoms with Crippen molar-refractivity contribution in [2.75, 3.05) is 6.61 Å². The van der Waals surface area contributed by atoms with E-state index in [9.17, 15) is 4.79 Å². The van der Waals surface area contributed by atoms with Crippen LogP contribution in [0.25, 0.3) is 0 Å². The van der Waals surface area contributed by atoms with Gasteiger partial charge < -0.3 is 4.74 Å². The summed E-state index contributed by atoms with van der Waals surface area (Å²) >= 11 is 0. The van der Waals surface area contributed by atoms with E-state index in [-0.39, 0.29) is 11.4 Å². The second-order valence-corrected chi connectivity index (χ2v) is 8.05. The fraction of sp³-hybridized carbons (Fsp3) is 0.938. The molecule has 0 aromatic heterocycles. The van der Waals surface area contributed by atoms with Gasteiger partial charge in [0, 0.05) is 0 Å². The number of carbonyl (C=O) groups is 1. The normalized spacial score (nSPS) is 49.4. The molecule has 18 heavy (non-hydrogen) atoms. The van der Waals surface area contributed by atoms with Crippen molar-refractivity contribution < 1.29 is 9.53 Å². The lowest BCUT2D eigenvalue weighted by Gasteiger charge is -2.64. The van der Waals surface area contributed by atoms with Crippen molar-refractivity contribution >= 4 is 5.97 Å². The van der Waals surface area contributed by atoms with Gasteiger partial charge in [0.2, 0.25) is 0 Å². The molecule has 4 aliphatic carbocycles. The van der Waals surface area contributed by atoms with E-state index in [1.807, 2.05) is 0 Å². The third kappa shape index (κ3) is 1.80. The first-order valence-corrected chi connectivity index (χ1v) is 7.56. The highest BCUT2D eigenvalue weighted by atomic mass is 16.5. The van der Waals surface area contributed by atoms with Crippen LogP contribution in [0, 0.1) is 22.2 Å². The summed E-state index contributed by atoms with van der Waals surface area (Å²) in [6.07, 6.45) is 8.18. The Morgan fingerprint density at radius 1 is 1.11 bits per heavy atom. The van der Waals surface area contributed by atoms with Crippen LogP contribution in [0.1, 0.15) is 65.7 Å². The molecule has 0 aromatic rings. The van der Waals surface area contributed by atoms with Gasteiger partial charge in [0.15, 0.2) is 0 Å². The summed E-state index contributed by atoms with van der Waals surface area (Å²) < 4.78 is 5.53. The Labute approximate surface area is 110 Å². The predicted octanol–water partition coefficient (Wildman–Crippen LogP) is 3.94. The SMILES string of the molecule is CCCOC(=O)C12CC3CC(C)(CC(C)(C3)C1)C2. The summed E-state index contributed by atoms with van der Waals surface area (Å²) in [5, 5.41) is 0. The quantitative estimate of drug-likeness (QED) is 0.709. The van der Waals surface area contributed by atoms with Crippen molar-refractivity contribution in [1.29, 1.82) is 0 Å². The van der Waals surface area contributed by atoms with Crippen molar-refractivity contribution in [3.8, 4) is 0 Å². The van der Waals surface area contributed by atoms with Gasteiger partial charge in [0.05, 0.1) is 12.0 Å². The van der Waals surface area contributed by atoms with Gasteiger partial charge in [-0.15, -0.1) is 0 Å². The maximum Gasteiger partial charge on any atom is 0.312 e. The van der Waals surface area contributed by atoms with Crippen molar-refractivity contribution in [1.82, 2.24) is 0 Å². The number of carbonyl (C=O) groups excluding carboxylic acids is 1. The summed E-state index contributed by atoms with van der Waals surface area (Å²) in [6.45, 7) is 7.46. The topological polar surface area (TPSA) is 26.3 Å². The molecule has 4 rings (SSSR count). The zero-order chi connectivity index (χ0) is 13.0. The Morgan fingerprint density at radius 3 is 2.22 bits per heavy atom. The largest absolute Gasteiger partial charge is 0.465 e. The van der Waals surface area contributed by atoms with E-state index in [2.05, 4.69) is 20.8 Å². The highest BCUT2D eigenvalue weighted by Crippen LogP contribution is 2.69. The molecule has 4 saturated carbocycles. The molecule has 2 atom stereocenters. The van der Waals surface area contributed by atoms with Gasteiger partial charge in [-0.25, -0.2) is 0 Å². The predicted molar refractivity (Wildman–Crippen MR) is 71.1 cm³/mol. The molecule has 4 fully saturated rings. The Morgan fingerprint density at radius 2 is 1.72 bits per heavy atom. The Balaban J connectivity index is 1.86. The van der Waals surface area contributed by atoms with Crippen LogP contribution in [-0.2, 0) is 9.53 Å². The lowest BCUT2D eigenvalue weighted by atomic mass is 9.40. The van der Waals surface area contributed by atoms with Crippen LogP contribution in [0.3, 0.4) is 0 Å². The average Bonchev–Trinajstić information content (AvgIpc) is 2.20. The highest BCUT2D eigenvalue weighted by molar-refractivity contribution is 5.77. The molecular weight excluding hydrogens is 224 g/mol. The van der Waals surface area contributed by atoms with Crippen LogP contribution in [0.5, 0.6) is 0 Å². The molecule has 0 aliphatic heterocycles. The number of hydrogen-bond acceptors (Lipinski definition) is 2. The molecule has 0 spiro atoms. The zero-order valence-corrected chi connectivity index (χ0v) is 12.1. The van der Waals surface area contributed by atoms with Gasteiger partial charge in [-0.05, 0) is 61.7 Å². The summed E-state index contributed by atoms with van der Waals surface area (Å²) in [4.78, 5) is 12.5.